The van der Waals surface area contributed by atoms with Gasteiger partial charge in [0, 0.05) is 22.7 Å². The summed E-state index contributed by atoms with van der Waals surface area (Å²) in [6, 6.07) is 4.93. The molecule has 0 aromatic heterocycles. The van der Waals surface area contributed by atoms with Crippen LogP contribution in [0.1, 0.15) is 39.0 Å². The van der Waals surface area contributed by atoms with Gasteiger partial charge in [0.05, 0.1) is 4.90 Å². The third-order valence-electron chi connectivity index (χ3n) is 3.87. The fourth-order valence-corrected chi connectivity index (χ4v) is 5.00. The molecule has 1 fully saturated rings. The van der Waals surface area contributed by atoms with E-state index in [1.54, 1.807) is 22.5 Å². The molecule has 0 spiro atoms. The van der Waals surface area contributed by atoms with Gasteiger partial charge in [-0.2, -0.15) is 4.31 Å². The van der Waals surface area contributed by atoms with Gasteiger partial charge in [-0.3, -0.25) is 0 Å². The number of hydrogen-bond donors (Lipinski definition) is 1. The standard InChI is InChI=1S/C14H21BrN2O2S/c1-2-11-6-4-3-5-9-17(11)20(18,19)12-7-8-14(16)13(15)10-12/h7-8,10-11H,2-6,9,16H2,1H3. The number of nitrogen functional groups attached to an aromatic ring is 1. The van der Waals surface area contributed by atoms with Gasteiger partial charge in [0.2, 0.25) is 10.0 Å². The summed E-state index contributed by atoms with van der Waals surface area (Å²) >= 11 is 3.30. The predicted molar refractivity (Wildman–Crippen MR) is 85.0 cm³/mol. The monoisotopic (exact) mass is 360 g/mol. The Balaban J connectivity index is 2.38. The Morgan fingerprint density at radius 1 is 1.35 bits per heavy atom. The highest BCUT2D eigenvalue weighted by molar-refractivity contribution is 9.10. The van der Waals surface area contributed by atoms with Gasteiger partial charge in [-0.15, -0.1) is 0 Å². The van der Waals surface area contributed by atoms with Crippen molar-refractivity contribution in [2.75, 3.05) is 12.3 Å². The number of halogens is 1. The second-order valence-electron chi connectivity index (χ2n) is 5.21. The number of benzene rings is 1. The van der Waals surface area contributed by atoms with Gasteiger partial charge in [0.1, 0.15) is 0 Å². The fraction of sp³-hybridized carbons (Fsp3) is 0.571. The lowest BCUT2D eigenvalue weighted by Gasteiger charge is -2.28. The molecular weight excluding hydrogens is 340 g/mol. The van der Waals surface area contributed by atoms with Crippen molar-refractivity contribution in [3.63, 3.8) is 0 Å². The van der Waals surface area contributed by atoms with E-state index in [2.05, 4.69) is 22.9 Å². The zero-order valence-corrected chi connectivity index (χ0v) is 14.1. The summed E-state index contributed by atoms with van der Waals surface area (Å²) in [6.07, 6.45) is 4.96. The average molecular weight is 361 g/mol. The van der Waals surface area contributed by atoms with Crippen molar-refractivity contribution in [3.8, 4) is 0 Å². The molecule has 4 nitrogen and oxygen atoms in total. The lowest BCUT2D eigenvalue weighted by molar-refractivity contribution is 0.315. The van der Waals surface area contributed by atoms with E-state index in [1.165, 1.54) is 0 Å². The summed E-state index contributed by atoms with van der Waals surface area (Å²) < 4.78 is 28.0. The van der Waals surface area contributed by atoms with Crippen molar-refractivity contribution in [3.05, 3.63) is 22.7 Å². The number of rotatable bonds is 3. The van der Waals surface area contributed by atoms with Gasteiger partial charge in [-0.05, 0) is 53.4 Å². The van der Waals surface area contributed by atoms with Crippen LogP contribution in [0.2, 0.25) is 0 Å². The zero-order valence-electron chi connectivity index (χ0n) is 11.7. The molecule has 0 amide bonds. The predicted octanol–water partition coefficient (Wildman–Crippen LogP) is 3.37. The van der Waals surface area contributed by atoms with Gasteiger partial charge in [0.15, 0.2) is 0 Å². The van der Waals surface area contributed by atoms with E-state index in [0.29, 0.717) is 21.6 Å². The molecule has 1 aromatic rings. The Labute approximate surface area is 129 Å². The Bertz CT molecular complexity index is 575. The number of hydrogen-bond acceptors (Lipinski definition) is 3. The van der Waals surface area contributed by atoms with Crippen LogP contribution in [0.3, 0.4) is 0 Å². The van der Waals surface area contributed by atoms with Crippen molar-refractivity contribution in [1.29, 1.82) is 0 Å². The van der Waals surface area contributed by atoms with Crippen molar-refractivity contribution in [2.45, 2.75) is 50.0 Å². The minimum absolute atomic E-state index is 0.110. The molecule has 1 saturated heterocycles. The normalized spacial score (nSPS) is 21.6. The molecule has 1 aromatic carbocycles. The van der Waals surface area contributed by atoms with Crippen LogP contribution in [-0.2, 0) is 10.0 Å². The number of nitrogens with zero attached hydrogens (tertiary/aromatic N) is 1. The Morgan fingerprint density at radius 2 is 2.10 bits per heavy atom. The lowest BCUT2D eigenvalue weighted by atomic mass is 10.1. The quantitative estimate of drug-likeness (QED) is 0.840. The van der Waals surface area contributed by atoms with Gasteiger partial charge < -0.3 is 5.73 Å². The van der Waals surface area contributed by atoms with Crippen LogP contribution in [0.5, 0.6) is 0 Å². The number of nitrogens with two attached hydrogens (primary N) is 1. The van der Waals surface area contributed by atoms with Crippen molar-refractivity contribution in [1.82, 2.24) is 4.31 Å². The number of anilines is 1. The van der Waals surface area contributed by atoms with Crippen molar-refractivity contribution < 1.29 is 8.42 Å². The van der Waals surface area contributed by atoms with Crippen molar-refractivity contribution in [2.24, 2.45) is 0 Å². The second kappa shape index (κ2) is 6.45. The van der Waals surface area contributed by atoms with Crippen LogP contribution in [-0.4, -0.2) is 25.3 Å². The molecule has 0 bridgehead atoms. The molecule has 112 valence electrons. The molecule has 0 aliphatic carbocycles. The zero-order chi connectivity index (χ0) is 14.8. The summed E-state index contributed by atoms with van der Waals surface area (Å²) in [4.78, 5) is 0.318. The van der Waals surface area contributed by atoms with Gasteiger partial charge in [-0.1, -0.05) is 19.8 Å². The van der Waals surface area contributed by atoms with Crippen LogP contribution in [0.15, 0.2) is 27.6 Å². The maximum absolute atomic E-state index is 12.8. The first-order valence-electron chi connectivity index (χ1n) is 7.03. The molecule has 2 rings (SSSR count). The minimum atomic E-state index is -3.44. The molecular formula is C14H21BrN2O2S. The maximum atomic E-state index is 12.8. The second-order valence-corrected chi connectivity index (χ2v) is 7.96. The van der Waals surface area contributed by atoms with Crippen LogP contribution in [0, 0.1) is 0 Å². The van der Waals surface area contributed by atoms with Crippen molar-refractivity contribution >= 4 is 31.6 Å². The molecule has 20 heavy (non-hydrogen) atoms. The van der Waals surface area contributed by atoms with Crippen LogP contribution < -0.4 is 5.73 Å². The largest absolute Gasteiger partial charge is 0.398 e. The Kier molecular flexibility index (Phi) is 5.09. The first-order chi connectivity index (χ1) is 9.46. The first kappa shape index (κ1) is 15.8. The van der Waals surface area contributed by atoms with E-state index in [9.17, 15) is 8.42 Å². The van der Waals surface area contributed by atoms with E-state index in [1.807, 2.05) is 0 Å². The molecule has 0 saturated carbocycles. The average Bonchev–Trinajstić information content (AvgIpc) is 2.67. The third kappa shape index (κ3) is 3.18. The smallest absolute Gasteiger partial charge is 0.243 e. The summed E-state index contributed by atoms with van der Waals surface area (Å²) in [5.41, 5.74) is 6.28. The highest BCUT2D eigenvalue weighted by atomic mass is 79.9. The summed E-state index contributed by atoms with van der Waals surface area (Å²) in [5, 5.41) is 0. The van der Waals surface area contributed by atoms with E-state index >= 15 is 0 Å². The Morgan fingerprint density at radius 3 is 2.75 bits per heavy atom. The molecule has 1 unspecified atom stereocenters. The number of sulfonamides is 1. The molecule has 1 aliphatic rings. The molecule has 1 atom stereocenters. The van der Waals surface area contributed by atoms with E-state index < -0.39 is 10.0 Å². The Hall–Kier alpha value is -0.590. The van der Waals surface area contributed by atoms with Gasteiger partial charge >= 0.3 is 0 Å². The maximum Gasteiger partial charge on any atom is 0.243 e. The molecule has 6 heteroatoms. The summed E-state index contributed by atoms with van der Waals surface area (Å²) in [5.74, 6) is 0. The van der Waals surface area contributed by atoms with E-state index in [4.69, 9.17) is 5.73 Å². The molecule has 2 N–H and O–H groups in total. The first-order valence-corrected chi connectivity index (χ1v) is 9.27. The van der Waals surface area contributed by atoms with E-state index in [-0.39, 0.29) is 6.04 Å². The van der Waals surface area contributed by atoms with Crippen LogP contribution in [0.25, 0.3) is 0 Å². The topological polar surface area (TPSA) is 63.4 Å². The summed E-state index contributed by atoms with van der Waals surface area (Å²) in [6.45, 7) is 2.67. The molecule has 1 aliphatic heterocycles. The fourth-order valence-electron chi connectivity index (χ4n) is 2.68. The highest BCUT2D eigenvalue weighted by Gasteiger charge is 2.31. The van der Waals surface area contributed by atoms with E-state index in [0.717, 1.165) is 32.1 Å². The lowest BCUT2D eigenvalue weighted by Crippen LogP contribution is -2.39. The molecule has 1 heterocycles. The molecule has 0 radical (unpaired) electrons. The minimum Gasteiger partial charge on any atom is -0.398 e. The SMILES string of the molecule is CCC1CCCCCN1S(=O)(=O)c1ccc(N)c(Br)c1. The highest BCUT2D eigenvalue weighted by Crippen LogP contribution is 2.29. The summed E-state index contributed by atoms with van der Waals surface area (Å²) in [7, 11) is -3.44. The van der Waals surface area contributed by atoms with Crippen LogP contribution in [0.4, 0.5) is 5.69 Å². The van der Waals surface area contributed by atoms with Gasteiger partial charge in [0.25, 0.3) is 0 Å². The van der Waals surface area contributed by atoms with Gasteiger partial charge in [-0.25, -0.2) is 8.42 Å². The van der Waals surface area contributed by atoms with Crippen LogP contribution >= 0.6 is 15.9 Å². The third-order valence-corrected chi connectivity index (χ3v) is 6.51.